The Morgan fingerprint density at radius 3 is 2.00 bits per heavy atom. The molecule has 0 amide bonds. The van der Waals surface area contributed by atoms with Gasteiger partial charge in [0.15, 0.2) is 0 Å². The second-order valence-electron chi connectivity index (χ2n) is 7.96. The van der Waals surface area contributed by atoms with Gasteiger partial charge in [0.1, 0.15) is 0 Å². The third-order valence-electron chi connectivity index (χ3n) is 3.23. The number of hydrogen-bond donors (Lipinski definition) is 1. The van der Waals surface area contributed by atoms with Crippen LogP contribution in [0, 0.1) is 10.8 Å². The van der Waals surface area contributed by atoms with Crippen LogP contribution in [0.5, 0.6) is 0 Å². The molecule has 110 valence electrons. The molecule has 0 radical (unpaired) electrons. The van der Waals surface area contributed by atoms with Crippen molar-refractivity contribution in [3.8, 4) is 0 Å². The molecule has 1 atom stereocenters. The summed E-state index contributed by atoms with van der Waals surface area (Å²) in [5.74, 6) is 0. The Balaban J connectivity index is 4.18. The van der Waals surface area contributed by atoms with Gasteiger partial charge in [-0.25, -0.2) is 0 Å². The molecule has 0 aliphatic rings. The SMILES string of the molecule is CCCNC(CCN(C)CC(C)(C)C)C(C)(C)C. The maximum absolute atomic E-state index is 3.70. The van der Waals surface area contributed by atoms with Gasteiger partial charge in [0, 0.05) is 12.6 Å². The molecule has 1 N–H and O–H groups in total. The summed E-state index contributed by atoms with van der Waals surface area (Å²) in [4.78, 5) is 2.46. The minimum absolute atomic E-state index is 0.345. The molecule has 2 heteroatoms. The third kappa shape index (κ3) is 8.93. The van der Waals surface area contributed by atoms with Crippen LogP contribution in [0.1, 0.15) is 61.3 Å². The van der Waals surface area contributed by atoms with E-state index >= 15 is 0 Å². The molecule has 0 aliphatic heterocycles. The quantitative estimate of drug-likeness (QED) is 0.746. The third-order valence-corrected chi connectivity index (χ3v) is 3.23. The summed E-state index contributed by atoms with van der Waals surface area (Å²) in [6.07, 6.45) is 2.44. The minimum atomic E-state index is 0.345. The van der Waals surface area contributed by atoms with Crippen LogP contribution in [0.4, 0.5) is 0 Å². The van der Waals surface area contributed by atoms with E-state index in [0.29, 0.717) is 16.9 Å². The van der Waals surface area contributed by atoms with Crippen molar-refractivity contribution in [1.82, 2.24) is 10.2 Å². The van der Waals surface area contributed by atoms with Gasteiger partial charge in [-0.1, -0.05) is 48.5 Å². The smallest absolute Gasteiger partial charge is 0.0128 e. The molecule has 0 fully saturated rings. The molecule has 0 aromatic rings. The molecule has 0 heterocycles. The molecule has 0 saturated carbocycles. The lowest BCUT2D eigenvalue weighted by Gasteiger charge is -2.34. The zero-order valence-electron chi connectivity index (χ0n) is 14.1. The van der Waals surface area contributed by atoms with Gasteiger partial charge in [0.05, 0.1) is 0 Å². The predicted octanol–water partition coefficient (Wildman–Crippen LogP) is 3.77. The van der Waals surface area contributed by atoms with Crippen molar-refractivity contribution >= 4 is 0 Å². The van der Waals surface area contributed by atoms with E-state index in [2.05, 4.69) is 65.7 Å². The first-order chi connectivity index (χ1) is 8.06. The molecular formula is C16H36N2. The maximum Gasteiger partial charge on any atom is 0.0128 e. The van der Waals surface area contributed by atoms with Crippen molar-refractivity contribution in [2.45, 2.75) is 67.3 Å². The molecule has 0 aliphatic carbocycles. The van der Waals surface area contributed by atoms with Crippen LogP contribution in [0.25, 0.3) is 0 Å². The number of hydrogen-bond acceptors (Lipinski definition) is 2. The summed E-state index contributed by atoms with van der Waals surface area (Å²) in [7, 11) is 2.24. The summed E-state index contributed by atoms with van der Waals surface area (Å²) >= 11 is 0. The topological polar surface area (TPSA) is 15.3 Å². The number of nitrogens with zero attached hydrogens (tertiary/aromatic N) is 1. The monoisotopic (exact) mass is 256 g/mol. The van der Waals surface area contributed by atoms with Gasteiger partial charge in [0.2, 0.25) is 0 Å². The van der Waals surface area contributed by atoms with Gasteiger partial charge in [-0.15, -0.1) is 0 Å². The summed E-state index contributed by atoms with van der Waals surface area (Å²) in [6, 6.07) is 0.611. The van der Waals surface area contributed by atoms with E-state index in [0.717, 1.165) is 13.1 Å². The van der Waals surface area contributed by atoms with Gasteiger partial charge in [0.25, 0.3) is 0 Å². The van der Waals surface area contributed by atoms with Crippen molar-refractivity contribution in [3.63, 3.8) is 0 Å². The summed E-state index contributed by atoms with van der Waals surface area (Å²) in [5, 5.41) is 3.70. The Morgan fingerprint density at radius 1 is 1.06 bits per heavy atom. The molecule has 0 spiro atoms. The first kappa shape index (κ1) is 17.9. The lowest BCUT2D eigenvalue weighted by Crippen LogP contribution is -2.43. The highest BCUT2D eigenvalue weighted by Gasteiger charge is 2.24. The first-order valence-corrected chi connectivity index (χ1v) is 7.48. The van der Waals surface area contributed by atoms with Gasteiger partial charge in [-0.2, -0.15) is 0 Å². The lowest BCUT2D eigenvalue weighted by molar-refractivity contribution is 0.188. The lowest BCUT2D eigenvalue weighted by atomic mass is 9.84. The molecule has 2 nitrogen and oxygen atoms in total. The summed E-state index contributed by atoms with van der Waals surface area (Å²) in [6.45, 7) is 19.6. The van der Waals surface area contributed by atoms with Crippen molar-refractivity contribution in [2.24, 2.45) is 10.8 Å². The molecule has 0 aromatic heterocycles. The van der Waals surface area contributed by atoms with E-state index in [1.165, 1.54) is 19.4 Å². The van der Waals surface area contributed by atoms with Crippen LogP contribution < -0.4 is 5.32 Å². The maximum atomic E-state index is 3.70. The van der Waals surface area contributed by atoms with Crippen molar-refractivity contribution in [1.29, 1.82) is 0 Å². The molecule has 18 heavy (non-hydrogen) atoms. The molecule has 0 bridgehead atoms. The van der Waals surface area contributed by atoms with Gasteiger partial charge in [-0.3, -0.25) is 0 Å². The Bertz CT molecular complexity index is 210. The molecule has 0 aromatic carbocycles. The average Bonchev–Trinajstić information content (AvgIpc) is 2.12. The predicted molar refractivity (Wildman–Crippen MR) is 83.1 cm³/mol. The van der Waals surface area contributed by atoms with E-state index in [1.807, 2.05) is 0 Å². The molecule has 0 saturated heterocycles. The summed E-state index contributed by atoms with van der Waals surface area (Å²) in [5.41, 5.74) is 0.737. The zero-order valence-corrected chi connectivity index (χ0v) is 14.1. The van der Waals surface area contributed by atoms with Crippen LogP contribution in [-0.4, -0.2) is 37.6 Å². The second-order valence-corrected chi connectivity index (χ2v) is 7.96. The first-order valence-electron chi connectivity index (χ1n) is 7.48. The fourth-order valence-electron chi connectivity index (χ4n) is 2.40. The van der Waals surface area contributed by atoms with E-state index in [4.69, 9.17) is 0 Å². The van der Waals surface area contributed by atoms with Gasteiger partial charge >= 0.3 is 0 Å². The van der Waals surface area contributed by atoms with Crippen molar-refractivity contribution in [3.05, 3.63) is 0 Å². The molecule has 0 rings (SSSR count). The normalized spacial score (nSPS) is 15.2. The van der Waals surface area contributed by atoms with Gasteiger partial charge in [-0.05, 0) is 43.8 Å². The van der Waals surface area contributed by atoms with Gasteiger partial charge < -0.3 is 10.2 Å². The zero-order chi connectivity index (χ0) is 14.4. The molecular weight excluding hydrogens is 220 g/mol. The Kier molecular flexibility index (Phi) is 7.46. The molecule has 1 unspecified atom stereocenters. The van der Waals surface area contributed by atoms with E-state index in [9.17, 15) is 0 Å². The van der Waals surface area contributed by atoms with Crippen LogP contribution in [0.15, 0.2) is 0 Å². The second kappa shape index (κ2) is 7.49. The van der Waals surface area contributed by atoms with Crippen LogP contribution >= 0.6 is 0 Å². The van der Waals surface area contributed by atoms with Crippen LogP contribution in [0.2, 0.25) is 0 Å². The van der Waals surface area contributed by atoms with E-state index < -0.39 is 0 Å². The van der Waals surface area contributed by atoms with E-state index in [1.54, 1.807) is 0 Å². The van der Waals surface area contributed by atoms with E-state index in [-0.39, 0.29) is 0 Å². The highest BCUT2D eigenvalue weighted by atomic mass is 15.1. The minimum Gasteiger partial charge on any atom is -0.313 e. The Morgan fingerprint density at radius 2 is 1.61 bits per heavy atom. The average molecular weight is 256 g/mol. The van der Waals surface area contributed by atoms with Crippen LogP contribution in [-0.2, 0) is 0 Å². The standard InChI is InChI=1S/C16H36N2/c1-9-11-17-14(16(5,6)7)10-12-18(8)13-15(2,3)4/h14,17H,9-13H2,1-8H3. The fraction of sp³-hybridized carbons (Fsp3) is 1.00. The summed E-state index contributed by atoms with van der Waals surface area (Å²) < 4.78 is 0. The van der Waals surface area contributed by atoms with Crippen LogP contribution in [0.3, 0.4) is 0 Å². The van der Waals surface area contributed by atoms with Crippen molar-refractivity contribution in [2.75, 3.05) is 26.7 Å². The highest BCUT2D eigenvalue weighted by Crippen LogP contribution is 2.22. The highest BCUT2D eigenvalue weighted by molar-refractivity contribution is 4.81. The number of rotatable bonds is 7. The fourth-order valence-corrected chi connectivity index (χ4v) is 2.40. The largest absolute Gasteiger partial charge is 0.313 e. The Labute approximate surface area is 116 Å². The van der Waals surface area contributed by atoms with Crippen molar-refractivity contribution < 1.29 is 0 Å². The number of nitrogens with one attached hydrogen (secondary N) is 1. The Hall–Kier alpha value is -0.0800.